The maximum Gasteiger partial charge on any atom is 0.206 e. The highest BCUT2D eigenvalue weighted by Gasteiger charge is 2.37. The van der Waals surface area contributed by atoms with E-state index in [2.05, 4.69) is 48.7 Å². The number of fused-ring (bicyclic) bond motifs is 2. The highest BCUT2D eigenvalue weighted by Crippen LogP contribution is 2.32. The van der Waals surface area contributed by atoms with Crippen LogP contribution >= 0.6 is 0 Å². The van der Waals surface area contributed by atoms with E-state index in [4.69, 9.17) is 4.98 Å². The molecule has 118 valence electrons. The Kier molecular flexibility index (Phi) is 4.25. The molecule has 0 aliphatic carbocycles. The van der Waals surface area contributed by atoms with Crippen molar-refractivity contribution in [3.8, 4) is 0 Å². The van der Waals surface area contributed by atoms with Gasteiger partial charge in [0.15, 0.2) is 0 Å². The first-order valence-corrected chi connectivity index (χ1v) is 8.72. The van der Waals surface area contributed by atoms with Crippen molar-refractivity contribution in [2.45, 2.75) is 84.0 Å². The number of aryl methyl sites for hydroxylation is 1. The molecular formula is C17H30N4. The summed E-state index contributed by atoms with van der Waals surface area (Å²) >= 11 is 0. The van der Waals surface area contributed by atoms with Crippen LogP contribution in [-0.4, -0.2) is 34.2 Å². The fraction of sp³-hybridized carbons (Fsp3) is 0.824. The lowest BCUT2D eigenvalue weighted by Crippen LogP contribution is -2.49. The van der Waals surface area contributed by atoms with Gasteiger partial charge in [0, 0.05) is 36.9 Å². The van der Waals surface area contributed by atoms with Gasteiger partial charge < -0.3 is 14.8 Å². The van der Waals surface area contributed by atoms with Gasteiger partial charge in [0.05, 0.1) is 5.69 Å². The predicted octanol–water partition coefficient (Wildman–Crippen LogP) is 3.14. The monoisotopic (exact) mass is 290 g/mol. The van der Waals surface area contributed by atoms with Gasteiger partial charge in [0.2, 0.25) is 5.95 Å². The molecular weight excluding hydrogens is 260 g/mol. The molecule has 0 amide bonds. The number of hydrogen-bond donors (Lipinski definition) is 1. The average Bonchev–Trinajstić information content (AvgIpc) is 3.04. The molecule has 2 saturated heterocycles. The molecule has 4 heteroatoms. The molecule has 21 heavy (non-hydrogen) atoms. The molecule has 2 bridgehead atoms. The molecule has 2 atom stereocenters. The summed E-state index contributed by atoms with van der Waals surface area (Å²) < 4.78 is 2.37. The summed E-state index contributed by atoms with van der Waals surface area (Å²) in [6.07, 6.45) is 8.53. The minimum absolute atomic E-state index is 0.472. The van der Waals surface area contributed by atoms with E-state index in [-0.39, 0.29) is 0 Å². The van der Waals surface area contributed by atoms with Crippen LogP contribution in [0.5, 0.6) is 0 Å². The van der Waals surface area contributed by atoms with Crippen LogP contribution < -0.4 is 10.2 Å². The third-order valence-electron chi connectivity index (χ3n) is 5.17. The summed E-state index contributed by atoms with van der Waals surface area (Å²) in [4.78, 5) is 7.50. The van der Waals surface area contributed by atoms with Crippen LogP contribution in [0.4, 0.5) is 5.95 Å². The Hall–Kier alpha value is -1.03. The number of rotatable bonds is 5. The first-order valence-electron chi connectivity index (χ1n) is 8.72. The van der Waals surface area contributed by atoms with Crippen molar-refractivity contribution in [3.63, 3.8) is 0 Å². The summed E-state index contributed by atoms with van der Waals surface area (Å²) in [6, 6.07) is 2.59. The maximum absolute atomic E-state index is 4.94. The van der Waals surface area contributed by atoms with Gasteiger partial charge in [-0.15, -0.1) is 0 Å². The van der Waals surface area contributed by atoms with Gasteiger partial charge in [0.1, 0.15) is 0 Å². The molecule has 1 aromatic rings. The smallest absolute Gasteiger partial charge is 0.206 e. The molecule has 2 fully saturated rings. The second kappa shape index (κ2) is 5.99. The Morgan fingerprint density at radius 3 is 2.48 bits per heavy atom. The molecule has 0 spiro atoms. The normalized spacial score (nSPS) is 28.3. The second-order valence-corrected chi connectivity index (χ2v) is 6.94. The Labute approximate surface area is 128 Å². The SMILES string of the molecule is CCc1cn(C(C)C)c(N(CC)C2CC3CCC(C2)N3)n1. The number of nitrogens with one attached hydrogen (secondary N) is 1. The number of anilines is 1. The molecule has 2 aliphatic heterocycles. The van der Waals surface area contributed by atoms with E-state index >= 15 is 0 Å². The second-order valence-electron chi connectivity index (χ2n) is 6.94. The van der Waals surface area contributed by atoms with Crippen molar-refractivity contribution in [1.29, 1.82) is 0 Å². The van der Waals surface area contributed by atoms with E-state index in [9.17, 15) is 0 Å². The van der Waals surface area contributed by atoms with E-state index in [1.54, 1.807) is 0 Å². The van der Waals surface area contributed by atoms with E-state index in [0.29, 0.717) is 12.1 Å². The Morgan fingerprint density at radius 1 is 1.29 bits per heavy atom. The van der Waals surface area contributed by atoms with Crippen LogP contribution in [0.2, 0.25) is 0 Å². The van der Waals surface area contributed by atoms with Crippen LogP contribution in [0.1, 0.15) is 65.1 Å². The highest BCUT2D eigenvalue weighted by molar-refractivity contribution is 5.36. The topological polar surface area (TPSA) is 33.1 Å². The maximum atomic E-state index is 4.94. The zero-order chi connectivity index (χ0) is 15.0. The minimum atomic E-state index is 0.472. The lowest BCUT2D eigenvalue weighted by atomic mass is 9.98. The molecule has 2 unspecified atom stereocenters. The van der Waals surface area contributed by atoms with Crippen LogP contribution in [0.3, 0.4) is 0 Å². The lowest BCUT2D eigenvalue weighted by molar-refractivity contribution is 0.344. The highest BCUT2D eigenvalue weighted by atomic mass is 15.3. The predicted molar refractivity (Wildman–Crippen MR) is 88.0 cm³/mol. The summed E-state index contributed by atoms with van der Waals surface area (Å²) in [5.74, 6) is 1.19. The number of imidazole rings is 1. The largest absolute Gasteiger partial charge is 0.339 e. The van der Waals surface area contributed by atoms with Crippen LogP contribution in [0.25, 0.3) is 0 Å². The van der Waals surface area contributed by atoms with Gasteiger partial charge in [0.25, 0.3) is 0 Å². The van der Waals surface area contributed by atoms with E-state index in [1.807, 2.05) is 0 Å². The van der Waals surface area contributed by atoms with Crippen molar-refractivity contribution >= 4 is 5.95 Å². The van der Waals surface area contributed by atoms with Gasteiger partial charge in [-0.05, 0) is 52.9 Å². The summed E-state index contributed by atoms with van der Waals surface area (Å²) in [5.41, 5.74) is 1.22. The van der Waals surface area contributed by atoms with Crippen molar-refractivity contribution in [2.75, 3.05) is 11.4 Å². The van der Waals surface area contributed by atoms with Crippen LogP contribution in [0, 0.1) is 0 Å². The minimum Gasteiger partial charge on any atom is -0.339 e. The van der Waals surface area contributed by atoms with Crippen molar-refractivity contribution in [3.05, 3.63) is 11.9 Å². The zero-order valence-corrected chi connectivity index (χ0v) is 14.0. The third-order valence-corrected chi connectivity index (χ3v) is 5.17. The average molecular weight is 290 g/mol. The summed E-state index contributed by atoms with van der Waals surface area (Å²) in [6.45, 7) is 10.0. The lowest BCUT2D eigenvalue weighted by Gasteiger charge is -2.38. The number of nitrogens with zero attached hydrogens (tertiary/aromatic N) is 3. The summed E-state index contributed by atoms with van der Waals surface area (Å²) in [5, 5.41) is 3.75. The molecule has 0 radical (unpaired) electrons. The quantitative estimate of drug-likeness (QED) is 0.904. The van der Waals surface area contributed by atoms with E-state index in [0.717, 1.165) is 25.0 Å². The van der Waals surface area contributed by atoms with E-state index < -0.39 is 0 Å². The molecule has 3 heterocycles. The van der Waals surface area contributed by atoms with E-state index in [1.165, 1.54) is 37.3 Å². The third kappa shape index (κ3) is 2.83. The standard InChI is InChI=1S/C17H30N4/c1-5-13-11-21(12(3)4)17(19-13)20(6-2)16-9-14-7-8-15(10-16)18-14/h11-12,14-16,18H,5-10H2,1-4H3. The number of aromatic nitrogens is 2. The zero-order valence-electron chi connectivity index (χ0n) is 14.0. The fourth-order valence-corrected chi connectivity index (χ4v) is 4.04. The fourth-order valence-electron chi connectivity index (χ4n) is 4.04. The molecule has 2 aliphatic rings. The molecule has 0 aromatic carbocycles. The number of piperidine rings is 1. The molecule has 3 rings (SSSR count). The molecule has 1 aromatic heterocycles. The molecule has 0 saturated carbocycles. The van der Waals surface area contributed by atoms with Gasteiger partial charge >= 0.3 is 0 Å². The molecule has 1 N–H and O–H groups in total. The van der Waals surface area contributed by atoms with Crippen molar-refractivity contribution in [1.82, 2.24) is 14.9 Å². The molecule has 4 nitrogen and oxygen atoms in total. The van der Waals surface area contributed by atoms with Crippen LogP contribution in [-0.2, 0) is 6.42 Å². The first kappa shape index (κ1) is 14.9. The Bertz CT molecular complexity index is 467. The van der Waals surface area contributed by atoms with Gasteiger partial charge in [-0.2, -0.15) is 0 Å². The van der Waals surface area contributed by atoms with Crippen molar-refractivity contribution in [2.24, 2.45) is 0 Å². The van der Waals surface area contributed by atoms with Crippen molar-refractivity contribution < 1.29 is 0 Å². The van der Waals surface area contributed by atoms with Crippen LogP contribution in [0.15, 0.2) is 6.20 Å². The number of hydrogen-bond acceptors (Lipinski definition) is 3. The summed E-state index contributed by atoms with van der Waals surface area (Å²) in [7, 11) is 0. The first-order chi connectivity index (χ1) is 10.1. The van der Waals surface area contributed by atoms with Gasteiger partial charge in [-0.25, -0.2) is 4.98 Å². The van der Waals surface area contributed by atoms with Gasteiger partial charge in [-0.3, -0.25) is 0 Å². The van der Waals surface area contributed by atoms with Gasteiger partial charge in [-0.1, -0.05) is 6.92 Å². The Morgan fingerprint density at radius 2 is 1.95 bits per heavy atom. The Balaban J connectivity index is 1.87.